The van der Waals surface area contributed by atoms with Crippen LogP contribution in [0, 0.1) is 10.1 Å². The van der Waals surface area contributed by atoms with Gasteiger partial charge in [0, 0.05) is 28.5 Å². The molecule has 1 aromatic carbocycles. The second kappa shape index (κ2) is 6.68. The fourth-order valence-electron chi connectivity index (χ4n) is 1.88. The van der Waals surface area contributed by atoms with Crippen molar-refractivity contribution in [3.05, 3.63) is 51.0 Å². The maximum Gasteiger partial charge on any atom is 0.312 e. The number of aliphatic hydroxyl groups excluding tert-OH is 1. The molecule has 8 heteroatoms. The summed E-state index contributed by atoms with van der Waals surface area (Å²) in [5.74, 6) is 0.0957. The van der Waals surface area contributed by atoms with Gasteiger partial charge in [-0.15, -0.1) is 0 Å². The number of hydrogen-bond donors (Lipinski definition) is 1. The zero-order valence-electron chi connectivity index (χ0n) is 11.3. The Morgan fingerprint density at radius 2 is 2.33 bits per heavy atom. The Morgan fingerprint density at radius 1 is 1.57 bits per heavy atom. The first-order valence-electron chi connectivity index (χ1n) is 6.23. The highest BCUT2D eigenvalue weighted by Crippen LogP contribution is 2.37. The van der Waals surface area contributed by atoms with Crippen LogP contribution in [0.15, 0.2) is 35.3 Å². The van der Waals surface area contributed by atoms with Gasteiger partial charge in [0.25, 0.3) is 0 Å². The molecule has 0 saturated heterocycles. The number of rotatable bonds is 6. The van der Waals surface area contributed by atoms with Gasteiger partial charge in [-0.25, -0.2) is 4.98 Å². The molecule has 21 heavy (non-hydrogen) atoms. The van der Waals surface area contributed by atoms with Crippen LogP contribution in [0.4, 0.5) is 5.69 Å². The summed E-state index contributed by atoms with van der Waals surface area (Å²) in [5.41, 5.74) is 0.201. The number of imidazole rings is 1. The quantitative estimate of drug-likeness (QED) is 0.635. The molecule has 2 rings (SSSR count). The van der Waals surface area contributed by atoms with E-state index < -0.39 is 11.0 Å². The Balaban J connectivity index is 2.24. The molecule has 1 N–H and O–H groups in total. The number of aromatic nitrogens is 2. The Morgan fingerprint density at radius 3 is 2.90 bits per heavy atom. The van der Waals surface area contributed by atoms with Crippen LogP contribution < -0.4 is 4.74 Å². The minimum Gasteiger partial charge on any atom is -0.485 e. The number of nitrogens with zero attached hydrogens (tertiary/aromatic N) is 3. The summed E-state index contributed by atoms with van der Waals surface area (Å²) in [7, 11) is 0. The lowest BCUT2D eigenvalue weighted by molar-refractivity contribution is -0.386. The van der Waals surface area contributed by atoms with Gasteiger partial charge in [0.15, 0.2) is 0 Å². The molecular formula is C13H14BrN3O4. The highest BCUT2D eigenvalue weighted by Gasteiger charge is 2.23. The summed E-state index contributed by atoms with van der Waals surface area (Å²) in [5, 5.41) is 20.9. The topological polar surface area (TPSA) is 90.4 Å². The highest BCUT2D eigenvalue weighted by molar-refractivity contribution is 9.10. The van der Waals surface area contributed by atoms with Gasteiger partial charge in [0.2, 0.25) is 5.75 Å². The van der Waals surface area contributed by atoms with Gasteiger partial charge in [-0.1, -0.05) is 15.9 Å². The molecule has 0 bridgehead atoms. The molecule has 1 heterocycles. The first kappa shape index (κ1) is 15.5. The van der Waals surface area contributed by atoms with Crippen molar-refractivity contribution >= 4 is 21.6 Å². The Labute approximate surface area is 129 Å². The van der Waals surface area contributed by atoms with Crippen molar-refractivity contribution in [3.63, 3.8) is 0 Å². The minimum atomic E-state index is -0.871. The highest BCUT2D eigenvalue weighted by atomic mass is 79.9. The largest absolute Gasteiger partial charge is 0.485 e. The van der Waals surface area contributed by atoms with E-state index in [1.54, 1.807) is 29.4 Å². The van der Waals surface area contributed by atoms with E-state index in [-0.39, 0.29) is 18.0 Å². The number of halogens is 1. The number of hydrogen-bond acceptors (Lipinski definition) is 5. The second-order valence-electron chi connectivity index (χ2n) is 4.43. The van der Waals surface area contributed by atoms with Crippen molar-refractivity contribution in [2.45, 2.75) is 19.6 Å². The van der Waals surface area contributed by atoms with E-state index >= 15 is 0 Å². The van der Waals surface area contributed by atoms with Crippen molar-refractivity contribution in [1.82, 2.24) is 9.55 Å². The van der Waals surface area contributed by atoms with Crippen molar-refractivity contribution in [1.29, 1.82) is 0 Å². The van der Waals surface area contributed by atoms with Gasteiger partial charge in [-0.2, -0.15) is 0 Å². The lowest BCUT2D eigenvalue weighted by Crippen LogP contribution is -2.10. The molecule has 0 radical (unpaired) electrons. The van der Waals surface area contributed by atoms with Gasteiger partial charge < -0.3 is 14.4 Å². The third-order valence-corrected chi connectivity index (χ3v) is 3.32. The van der Waals surface area contributed by atoms with Crippen LogP contribution in [0.1, 0.15) is 18.6 Å². The molecule has 7 nitrogen and oxygen atoms in total. The molecule has 0 fully saturated rings. The van der Waals surface area contributed by atoms with Crippen LogP contribution in [0.2, 0.25) is 0 Å². The SMILES string of the molecule is CC(O)c1cc(Br)cc([N+](=O)[O-])c1OCCn1ccnc1. The molecule has 1 atom stereocenters. The smallest absolute Gasteiger partial charge is 0.312 e. The third kappa shape index (κ3) is 3.79. The number of nitro benzene ring substituents is 1. The van der Waals surface area contributed by atoms with E-state index in [0.29, 0.717) is 16.6 Å². The normalized spacial score (nSPS) is 12.1. The van der Waals surface area contributed by atoms with Gasteiger partial charge >= 0.3 is 5.69 Å². The van der Waals surface area contributed by atoms with Crippen LogP contribution >= 0.6 is 15.9 Å². The van der Waals surface area contributed by atoms with E-state index in [2.05, 4.69) is 20.9 Å². The third-order valence-electron chi connectivity index (χ3n) is 2.86. The summed E-state index contributed by atoms with van der Waals surface area (Å²) in [6.45, 7) is 2.28. The molecule has 112 valence electrons. The molecule has 1 aromatic heterocycles. The standard InChI is InChI=1S/C13H14BrN3O4/c1-9(18)11-6-10(14)7-12(17(19)20)13(11)21-5-4-16-3-2-15-8-16/h2-3,6-9,18H,4-5H2,1H3. The summed E-state index contributed by atoms with van der Waals surface area (Å²) in [4.78, 5) is 14.5. The summed E-state index contributed by atoms with van der Waals surface area (Å²) in [6.07, 6.45) is 4.18. The van der Waals surface area contributed by atoms with Crippen LogP contribution in [0.3, 0.4) is 0 Å². The monoisotopic (exact) mass is 355 g/mol. The van der Waals surface area contributed by atoms with E-state index in [1.165, 1.54) is 13.0 Å². The molecule has 0 aliphatic rings. The maximum absolute atomic E-state index is 11.1. The number of benzene rings is 1. The molecule has 0 aliphatic carbocycles. The average molecular weight is 356 g/mol. The molecule has 1 unspecified atom stereocenters. The van der Waals surface area contributed by atoms with E-state index in [9.17, 15) is 15.2 Å². The lowest BCUT2D eigenvalue weighted by Gasteiger charge is -2.14. The maximum atomic E-state index is 11.1. The first-order valence-corrected chi connectivity index (χ1v) is 7.02. The Kier molecular flexibility index (Phi) is 4.92. The van der Waals surface area contributed by atoms with Crippen LogP contribution in [0.5, 0.6) is 5.75 Å². The van der Waals surface area contributed by atoms with Crippen molar-refractivity contribution < 1.29 is 14.8 Å². The summed E-state index contributed by atoms with van der Waals surface area (Å²) in [6, 6.07) is 2.97. The van der Waals surface area contributed by atoms with Crippen LogP contribution in [0.25, 0.3) is 0 Å². The Bertz CT molecular complexity index is 629. The summed E-state index contributed by atoms with van der Waals surface area (Å²) >= 11 is 3.20. The average Bonchev–Trinajstić information content (AvgIpc) is 2.92. The predicted octanol–water partition coefficient (Wildman–Crippen LogP) is 2.69. The molecule has 0 saturated carbocycles. The van der Waals surface area contributed by atoms with Gasteiger partial charge in [0.1, 0.15) is 6.61 Å². The minimum absolute atomic E-state index is 0.0957. The molecule has 2 aromatic rings. The zero-order chi connectivity index (χ0) is 15.4. The number of nitro groups is 1. The molecular weight excluding hydrogens is 342 g/mol. The predicted molar refractivity (Wildman–Crippen MR) is 79.2 cm³/mol. The van der Waals surface area contributed by atoms with Crippen LogP contribution in [-0.4, -0.2) is 26.2 Å². The van der Waals surface area contributed by atoms with Gasteiger partial charge in [-0.05, 0) is 13.0 Å². The molecule has 0 aliphatic heterocycles. The number of ether oxygens (including phenoxy) is 1. The fourth-order valence-corrected chi connectivity index (χ4v) is 2.34. The number of aliphatic hydroxyl groups is 1. The van der Waals surface area contributed by atoms with Gasteiger partial charge in [0.05, 0.1) is 23.9 Å². The molecule has 0 spiro atoms. The van der Waals surface area contributed by atoms with E-state index in [1.807, 2.05) is 0 Å². The van der Waals surface area contributed by atoms with Gasteiger partial charge in [-0.3, -0.25) is 10.1 Å². The van der Waals surface area contributed by atoms with Crippen molar-refractivity contribution in [2.75, 3.05) is 6.61 Å². The first-order chi connectivity index (χ1) is 9.99. The Hall–Kier alpha value is -1.93. The van der Waals surface area contributed by atoms with Crippen molar-refractivity contribution in [3.8, 4) is 5.75 Å². The van der Waals surface area contributed by atoms with Crippen molar-refractivity contribution in [2.24, 2.45) is 0 Å². The zero-order valence-corrected chi connectivity index (χ0v) is 12.9. The van der Waals surface area contributed by atoms with Crippen LogP contribution in [-0.2, 0) is 6.54 Å². The lowest BCUT2D eigenvalue weighted by atomic mass is 10.1. The fraction of sp³-hybridized carbons (Fsp3) is 0.308. The van der Waals surface area contributed by atoms with E-state index in [4.69, 9.17) is 4.74 Å². The second-order valence-corrected chi connectivity index (χ2v) is 5.34. The van der Waals surface area contributed by atoms with E-state index in [0.717, 1.165) is 0 Å². The summed E-state index contributed by atoms with van der Waals surface area (Å²) < 4.78 is 7.87. The molecule has 0 amide bonds.